The largest absolute Gasteiger partial charge is 0.372 e. The maximum absolute atomic E-state index is 4.90. The van der Waals surface area contributed by atoms with Gasteiger partial charge in [0.1, 0.15) is 0 Å². The second-order valence-electron chi connectivity index (χ2n) is 7.52. The van der Waals surface area contributed by atoms with Crippen molar-refractivity contribution in [2.45, 2.75) is 26.2 Å². The molecule has 1 saturated heterocycles. The first-order chi connectivity index (χ1) is 13.8. The minimum atomic E-state index is 0.931. The maximum atomic E-state index is 4.90. The number of benzene rings is 3. The number of anilines is 1. The van der Waals surface area contributed by atoms with Gasteiger partial charge < -0.3 is 4.90 Å². The predicted molar refractivity (Wildman–Crippen MR) is 117 cm³/mol. The summed E-state index contributed by atoms with van der Waals surface area (Å²) in [7, 11) is 0. The Morgan fingerprint density at radius 2 is 1.54 bits per heavy atom. The Hall–Kier alpha value is -3.07. The van der Waals surface area contributed by atoms with Gasteiger partial charge in [0.2, 0.25) is 0 Å². The Labute approximate surface area is 166 Å². The molecule has 1 fully saturated rings. The molecule has 0 bridgehead atoms. The Balaban J connectivity index is 1.63. The molecule has 2 heterocycles. The Morgan fingerprint density at radius 3 is 2.32 bits per heavy atom. The summed E-state index contributed by atoms with van der Waals surface area (Å²) in [5, 5.41) is 6.14. The molecule has 0 radical (unpaired) electrons. The van der Waals surface area contributed by atoms with Gasteiger partial charge in [0.05, 0.1) is 16.9 Å². The molecule has 3 heteroatoms. The van der Waals surface area contributed by atoms with Gasteiger partial charge in [-0.25, -0.2) is 4.68 Å². The van der Waals surface area contributed by atoms with E-state index in [9.17, 15) is 0 Å². The summed E-state index contributed by atoms with van der Waals surface area (Å²) in [6.45, 7) is 4.51. The molecule has 140 valence electrons. The van der Waals surface area contributed by atoms with Gasteiger partial charge in [0.25, 0.3) is 0 Å². The third-order valence-electron chi connectivity index (χ3n) is 5.74. The van der Waals surface area contributed by atoms with Gasteiger partial charge in [-0.05, 0) is 60.7 Å². The van der Waals surface area contributed by atoms with Gasteiger partial charge in [-0.1, -0.05) is 49.4 Å². The van der Waals surface area contributed by atoms with Crippen LogP contribution in [-0.2, 0) is 6.42 Å². The van der Waals surface area contributed by atoms with Gasteiger partial charge in [0, 0.05) is 24.2 Å². The summed E-state index contributed by atoms with van der Waals surface area (Å²) < 4.78 is 2.09. The van der Waals surface area contributed by atoms with E-state index in [4.69, 9.17) is 5.10 Å². The van der Waals surface area contributed by atoms with Crippen molar-refractivity contribution in [2.75, 3.05) is 18.0 Å². The standard InChI is InChI=1S/C25H25N3/c1-2-24-23-14-13-20(18-25(23)28(26-24)21-10-4-3-5-11-21)19-9-8-12-22(17-19)27-15-6-7-16-27/h3-5,8-14,17-18H,2,6-7,15-16H2,1H3. The van der Waals surface area contributed by atoms with Crippen molar-refractivity contribution < 1.29 is 0 Å². The van der Waals surface area contributed by atoms with Crippen LogP contribution in [0.25, 0.3) is 27.7 Å². The van der Waals surface area contributed by atoms with Gasteiger partial charge in [-0.15, -0.1) is 0 Å². The van der Waals surface area contributed by atoms with Crippen LogP contribution in [0.3, 0.4) is 0 Å². The Morgan fingerprint density at radius 1 is 0.786 bits per heavy atom. The summed E-state index contributed by atoms with van der Waals surface area (Å²) >= 11 is 0. The molecule has 3 aromatic carbocycles. The van der Waals surface area contributed by atoms with Crippen molar-refractivity contribution in [3.05, 3.63) is 78.5 Å². The molecule has 0 spiro atoms. The first-order valence-electron chi connectivity index (χ1n) is 10.3. The van der Waals surface area contributed by atoms with Crippen LogP contribution in [0.2, 0.25) is 0 Å². The first kappa shape index (κ1) is 17.1. The molecule has 28 heavy (non-hydrogen) atoms. The Bertz CT molecular complexity index is 1110. The molecule has 0 N–H and O–H groups in total. The SMILES string of the molecule is CCc1nn(-c2ccccc2)c2cc(-c3cccc(N4CCCC4)c3)ccc12. The monoisotopic (exact) mass is 367 g/mol. The average Bonchev–Trinajstić information content (AvgIpc) is 3.42. The smallest absolute Gasteiger partial charge is 0.0750 e. The number of aromatic nitrogens is 2. The van der Waals surface area contributed by atoms with Crippen LogP contribution in [0.5, 0.6) is 0 Å². The quantitative estimate of drug-likeness (QED) is 0.451. The molecule has 0 unspecified atom stereocenters. The maximum Gasteiger partial charge on any atom is 0.0750 e. The van der Waals surface area contributed by atoms with Gasteiger partial charge in [0.15, 0.2) is 0 Å². The Kier molecular flexibility index (Phi) is 4.36. The van der Waals surface area contributed by atoms with Crippen molar-refractivity contribution in [1.29, 1.82) is 0 Å². The van der Waals surface area contributed by atoms with E-state index < -0.39 is 0 Å². The number of hydrogen-bond donors (Lipinski definition) is 0. The molecule has 1 aliphatic rings. The fraction of sp³-hybridized carbons (Fsp3) is 0.240. The summed E-state index contributed by atoms with van der Waals surface area (Å²) in [6.07, 6.45) is 3.53. The number of aryl methyl sites for hydroxylation is 1. The highest BCUT2D eigenvalue weighted by atomic mass is 15.3. The van der Waals surface area contributed by atoms with E-state index >= 15 is 0 Å². The molecule has 0 aliphatic carbocycles. The molecular formula is C25H25N3. The zero-order valence-electron chi connectivity index (χ0n) is 16.3. The highest BCUT2D eigenvalue weighted by molar-refractivity contribution is 5.88. The van der Waals surface area contributed by atoms with Crippen LogP contribution in [0, 0.1) is 0 Å². The molecular weight excluding hydrogens is 342 g/mol. The topological polar surface area (TPSA) is 21.1 Å². The van der Waals surface area contributed by atoms with E-state index in [1.165, 1.54) is 53.6 Å². The molecule has 5 rings (SSSR count). The van der Waals surface area contributed by atoms with E-state index in [2.05, 4.69) is 83.2 Å². The zero-order chi connectivity index (χ0) is 18.9. The zero-order valence-corrected chi connectivity index (χ0v) is 16.3. The second kappa shape index (κ2) is 7.16. The number of nitrogens with zero attached hydrogens (tertiary/aromatic N) is 3. The summed E-state index contributed by atoms with van der Waals surface area (Å²) in [4.78, 5) is 2.49. The summed E-state index contributed by atoms with van der Waals surface area (Å²) in [5.41, 5.74) is 7.28. The lowest BCUT2D eigenvalue weighted by Crippen LogP contribution is -2.17. The minimum Gasteiger partial charge on any atom is -0.372 e. The lowest BCUT2D eigenvalue weighted by Gasteiger charge is -2.18. The number of rotatable bonds is 4. The fourth-order valence-electron chi connectivity index (χ4n) is 4.24. The minimum absolute atomic E-state index is 0.931. The van der Waals surface area contributed by atoms with Crippen LogP contribution >= 0.6 is 0 Å². The van der Waals surface area contributed by atoms with Crippen LogP contribution in [-0.4, -0.2) is 22.9 Å². The molecule has 1 aromatic heterocycles. The first-order valence-corrected chi connectivity index (χ1v) is 10.3. The van der Waals surface area contributed by atoms with Crippen molar-refractivity contribution in [1.82, 2.24) is 9.78 Å². The van der Waals surface area contributed by atoms with E-state index in [1.54, 1.807) is 0 Å². The number of hydrogen-bond acceptors (Lipinski definition) is 2. The highest BCUT2D eigenvalue weighted by Crippen LogP contribution is 2.31. The van der Waals surface area contributed by atoms with Crippen molar-refractivity contribution in [3.8, 4) is 16.8 Å². The van der Waals surface area contributed by atoms with Gasteiger partial charge in [-0.2, -0.15) is 5.10 Å². The summed E-state index contributed by atoms with van der Waals surface area (Å²) in [5.74, 6) is 0. The third-order valence-corrected chi connectivity index (χ3v) is 5.74. The molecule has 1 aliphatic heterocycles. The van der Waals surface area contributed by atoms with Crippen molar-refractivity contribution in [3.63, 3.8) is 0 Å². The molecule has 0 atom stereocenters. The number of fused-ring (bicyclic) bond motifs is 1. The lowest BCUT2D eigenvalue weighted by atomic mass is 10.0. The van der Waals surface area contributed by atoms with E-state index in [0.29, 0.717) is 0 Å². The lowest BCUT2D eigenvalue weighted by molar-refractivity contribution is 0.863. The molecule has 3 nitrogen and oxygen atoms in total. The second-order valence-corrected chi connectivity index (χ2v) is 7.52. The summed E-state index contributed by atoms with van der Waals surface area (Å²) in [6, 6.07) is 26.1. The van der Waals surface area contributed by atoms with Crippen LogP contribution in [0.1, 0.15) is 25.5 Å². The molecule has 0 amide bonds. The van der Waals surface area contributed by atoms with E-state index in [1.807, 2.05) is 6.07 Å². The van der Waals surface area contributed by atoms with Gasteiger partial charge >= 0.3 is 0 Å². The van der Waals surface area contributed by atoms with E-state index in [-0.39, 0.29) is 0 Å². The van der Waals surface area contributed by atoms with Gasteiger partial charge in [-0.3, -0.25) is 0 Å². The van der Waals surface area contributed by atoms with Crippen LogP contribution < -0.4 is 4.90 Å². The highest BCUT2D eigenvalue weighted by Gasteiger charge is 2.14. The molecule has 0 saturated carbocycles. The van der Waals surface area contributed by atoms with Crippen molar-refractivity contribution in [2.24, 2.45) is 0 Å². The number of para-hydroxylation sites is 1. The van der Waals surface area contributed by atoms with Crippen LogP contribution in [0.4, 0.5) is 5.69 Å². The van der Waals surface area contributed by atoms with E-state index in [0.717, 1.165) is 17.8 Å². The predicted octanol–water partition coefficient (Wildman–Crippen LogP) is 5.86. The average molecular weight is 367 g/mol. The fourth-order valence-corrected chi connectivity index (χ4v) is 4.24. The van der Waals surface area contributed by atoms with Crippen molar-refractivity contribution >= 4 is 16.6 Å². The normalized spacial score (nSPS) is 14.1. The molecule has 4 aromatic rings. The third kappa shape index (κ3) is 2.97. The van der Waals surface area contributed by atoms with Crippen LogP contribution in [0.15, 0.2) is 72.8 Å².